The Hall–Kier alpha value is -0.150. The predicted molar refractivity (Wildman–Crippen MR) is 53.7 cm³/mol. The number of rotatable bonds is 5. The minimum absolute atomic E-state index is 0.214. The van der Waals surface area contributed by atoms with Gasteiger partial charge in [-0.05, 0) is 38.4 Å². The zero-order chi connectivity index (χ0) is 9.52. The number of nitrogens with one attached hydrogen (secondary N) is 1. The summed E-state index contributed by atoms with van der Waals surface area (Å²) < 4.78 is 12.1. The van der Waals surface area contributed by atoms with Gasteiger partial charge in [-0.3, -0.25) is 0 Å². The fourth-order valence-electron chi connectivity index (χ4n) is 1.94. The van der Waals surface area contributed by atoms with Crippen molar-refractivity contribution >= 4 is 0 Å². The van der Waals surface area contributed by atoms with E-state index in [1.807, 2.05) is 0 Å². The van der Waals surface area contributed by atoms with Crippen LogP contribution in [-0.2, 0) is 0 Å². The Morgan fingerprint density at radius 3 is 2.92 bits per heavy atom. The van der Waals surface area contributed by atoms with E-state index in [1.54, 1.807) is 0 Å². The monoisotopic (exact) mass is 188 g/mol. The lowest BCUT2D eigenvalue weighted by Crippen LogP contribution is -2.39. The average molecular weight is 188 g/mol. The van der Waals surface area contributed by atoms with Crippen LogP contribution in [0.2, 0.25) is 0 Å². The highest BCUT2D eigenvalue weighted by Crippen LogP contribution is 2.11. The van der Waals surface area contributed by atoms with Crippen LogP contribution in [0.4, 0.5) is 4.39 Å². The van der Waals surface area contributed by atoms with E-state index in [9.17, 15) is 4.39 Å². The molecule has 78 valence electrons. The van der Waals surface area contributed by atoms with Crippen LogP contribution in [0, 0.1) is 5.92 Å². The Morgan fingerprint density at radius 2 is 2.38 bits per heavy atom. The van der Waals surface area contributed by atoms with Crippen LogP contribution < -0.4 is 5.32 Å². The van der Waals surface area contributed by atoms with Gasteiger partial charge in [-0.2, -0.15) is 0 Å². The first-order valence-corrected chi connectivity index (χ1v) is 5.35. The van der Waals surface area contributed by atoms with Crippen molar-refractivity contribution in [2.75, 3.05) is 39.4 Å². The Bertz CT molecular complexity index is 121. The molecule has 1 unspecified atom stereocenters. The summed E-state index contributed by atoms with van der Waals surface area (Å²) in [5, 5.41) is 3.39. The van der Waals surface area contributed by atoms with Crippen molar-refractivity contribution in [3.05, 3.63) is 0 Å². The van der Waals surface area contributed by atoms with Crippen LogP contribution in [0.5, 0.6) is 0 Å². The lowest BCUT2D eigenvalue weighted by atomic mass is 9.99. The molecule has 1 aliphatic heterocycles. The SMILES string of the molecule is CCN(CCF)CC1CCCNC1. The summed E-state index contributed by atoms with van der Waals surface area (Å²) in [6.45, 7) is 6.80. The lowest BCUT2D eigenvalue weighted by molar-refractivity contribution is 0.202. The summed E-state index contributed by atoms with van der Waals surface area (Å²) in [7, 11) is 0. The third kappa shape index (κ3) is 4.05. The lowest BCUT2D eigenvalue weighted by Gasteiger charge is -2.28. The van der Waals surface area contributed by atoms with Crippen LogP contribution in [-0.4, -0.2) is 44.3 Å². The normalized spacial score (nSPS) is 23.8. The molecule has 0 saturated carbocycles. The number of alkyl halides is 1. The zero-order valence-electron chi connectivity index (χ0n) is 8.56. The van der Waals surface area contributed by atoms with Crippen LogP contribution in [0.3, 0.4) is 0 Å². The highest BCUT2D eigenvalue weighted by Gasteiger charge is 2.15. The third-order valence-electron chi connectivity index (χ3n) is 2.76. The van der Waals surface area contributed by atoms with E-state index in [2.05, 4.69) is 17.1 Å². The van der Waals surface area contributed by atoms with E-state index in [1.165, 1.54) is 12.8 Å². The number of piperidine rings is 1. The first-order chi connectivity index (χ1) is 6.36. The molecule has 1 saturated heterocycles. The summed E-state index contributed by atoms with van der Waals surface area (Å²) in [4.78, 5) is 2.21. The molecular formula is C10H21FN2. The van der Waals surface area contributed by atoms with E-state index in [0.717, 1.165) is 32.1 Å². The summed E-state index contributed by atoms with van der Waals surface area (Å²) in [6, 6.07) is 0. The van der Waals surface area contributed by atoms with E-state index >= 15 is 0 Å². The smallest absolute Gasteiger partial charge is 0.102 e. The van der Waals surface area contributed by atoms with Crippen molar-refractivity contribution in [2.24, 2.45) is 5.92 Å². The van der Waals surface area contributed by atoms with Gasteiger partial charge in [0.25, 0.3) is 0 Å². The predicted octanol–water partition coefficient (Wildman–Crippen LogP) is 1.28. The third-order valence-corrected chi connectivity index (χ3v) is 2.76. The summed E-state index contributed by atoms with van der Waals surface area (Å²) in [5.74, 6) is 0.736. The van der Waals surface area contributed by atoms with Gasteiger partial charge >= 0.3 is 0 Å². The number of nitrogens with zero attached hydrogens (tertiary/aromatic N) is 1. The van der Waals surface area contributed by atoms with Gasteiger partial charge in [-0.25, -0.2) is 4.39 Å². The Balaban J connectivity index is 2.18. The number of hydrogen-bond acceptors (Lipinski definition) is 2. The molecule has 0 amide bonds. The first-order valence-electron chi connectivity index (χ1n) is 5.35. The van der Waals surface area contributed by atoms with Crippen LogP contribution in [0.1, 0.15) is 19.8 Å². The second-order valence-electron chi connectivity index (χ2n) is 3.79. The van der Waals surface area contributed by atoms with Gasteiger partial charge < -0.3 is 10.2 Å². The molecule has 1 rings (SSSR count). The second kappa shape index (κ2) is 6.33. The largest absolute Gasteiger partial charge is 0.316 e. The fourth-order valence-corrected chi connectivity index (χ4v) is 1.94. The Labute approximate surface area is 80.5 Å². The minimum Gasteiger partial charge on any atom is -0.316 e. The van der Waals surface area contributed by atoms with Gasteiger partial charge in [0.2, 0.25) is 0 Å². The van der Waals surface area contributed by atoms with Crippen molar-refractivity contribution < 1.29 is 4.39 Å². The zero-order valence-corrected chi connectivity index (χ0v) is 8.56. The molecule has 0 aromatic carbocycles. The molecule has 13 heavy (non-hydrogen) atoms. The average Bonchev–Trinajstić information content (AvgIpc) is 2.19. The van der Waals surface area contributed by atoms with Crippen molar-refractivity contribution in [1.82, 2.24) is 10.2 Å². The van der Waals surface area contributed by atoms with Gasteiger partial charge in [0.1, 0.15) is 6.67 Å². The van der Waals surface area contributed by atoms with Gasteiger partial charge in [-0.1, -0.05) is 6.92 Å². The standard InChI is InChI=1S/C10H21FN2/c1-2-13(7-5-11)9-10-4-3-6-12-8-10/h10,12H,2-9H2,1H3. The van der Waals surface area contributed by atoms with Gasteiger partial charge in [0, 0.05) is 13.1 Å². The molecule has 0 aromatic rings. The molecule has 0 aliphatic carbocycles. The van der Waals surface area contributed by atoms with E-state index in [4.69, 9.17) is 0 Å². The van der Waals surface area contributed by atoms with E-state index < -0.39 is 0 Å². The molecule has 1 fully saturated rings. The fraction of sp³-hybridized carbons (Fsp3) is 1.00. The molecule has 0 radical (unpaired) electrons. The van der Waals surface area contributed by atoms with Crippen LogP contribution in [0.15, 0.2) is 0 Å². The highest BCUT2D eigenvalue weighted by atomic mass is 19.1. The van der Waals surface area contributed by atoms with Gasteiger partial charge in [0.15, 0.2) is 0 Å². The Morgan fingerprint density at radius 1 is 1.54 bits per heavy atom. The molecule has 0 spiro atoms. The van der Waals surface area contributed by atoms with Crippen LogP contribution in [0.25, 0.3) is 0 Å². The quantitative estimate of drug-likeness (QED) is 0.699. The van der Waals surface area contributed by atoms with Crippen molar-refractivity contribution in [1.29, 1.82) is 0 Å². The van der Waals surface area contributed by atoms with Crippen molar-refractivity contribution in [3.63, 3.8) is 0 Å². The van der Waals surface area contributed by atoms with Crippen molar-refractivity contribution in [2.45, 2.75) is 19.8 Å². The van der Waals surface area contributed by atoms with Gasteiger partial charge in [0.05, 0.1) is 0 Å². The maximum atomic E-state index is 12.1. The van der Waals surface area contributed by atoms with Crippen molar-refractivity contribution in [3.8, 4) is 0 Å². The molecule has 1 atom stereocenters. The summed E-state index contributed by atoms with van der Waals surface area (Å²) in [5.41, 5.74) is 0. The van der Waals surface area contributed by atoms with E-state index in [-0.39, 0.29) is 6.67 Å². The first kappa shape index (κ1) is 10.9. The highest BCUT2D eigenvalue weighted by molar-refractivity contribution is 4.72. The summed E-state index contributed by atoms with van der Waals surface area (Å²) in [6.07, 6.45) is 2.58. The summed E-state index contributed by atoms with van der Waals surface area (Å²) >= 11 is 0. The number of hydrogen-bond donors (Lipinski definition) is 1. The molecule has 3 heteroatoms. The molecule has 1 heterocycles. The van der Waals surface area contributed by atoms with Gasteiger partial charge in [-0.15, -0.1) is 0 Å². The molecule has 0 bridgehead atoms. The molecule has 1 aliphatic rings. The molecule has 1 N–H and O–H groups in total. The second-order valence-corrected chi connectivity index (χ2v) is 3.79. The van der Waals surface area contributed by atoms with E-state index in [0.29, 0.717) is 6.54 Å². The molecule has 0 aromatic heterocycles. The van der Waals surface area contributed by atoms with Crippen LogP contribution >= 0.6 is 0 Å². The number of halogens is 1. The Kier molecular flexibility index (Phi) is 5.32. The topological polar surface area (TPSA) is 15.3 Å². The minimum atomic E-state index is -0.214. The maximum Gasteiger partial charge on any atom is 0.102 e. The molecule has 2 nitrogen and oxygen atoms in total. The maximum absolute atomic E-state index is 12.1. The molecular weight excluding hydrogens is 167 g/mol.